The molecule has 1 saturated heterocycles. The van der Waals surface area contributed by atoms with Crippen LogP contribution in [-0.2, 0) is 9.47 Å². The molecule has 82 valence electrons. The fourth-order valence-corrected chi connectivity index (χ4v) is 1.34. The van der Waals surface area contributed by atoms with Gasteiger partial charge in [-0.25, -0.2) is 4.79 Å². The van der Waals surface area contributed by atoms with E-state index >= 15 is 0 Å². The second kappa shape index (κ2) is 3.97. The zero-order valence-electron chi connectivity index (χ0n) is 7.75. The molecule has 7 heteroatoms. The zero-order valence-corrected chi connectivity index (χ0v) is 7.75. The number of aliphatic hydroxyl groups excluding tert-OH is 1. The van der Waals surface area contributed by atoms with Crippen LogP contribution in [0.1, 0.15) is 6.23 Å². The van der Waals surface area contributed by atoms with Crippen molar-refractivity contribution >= 4 is 0 Å². The van der Waals surface area contributed by atoms with Crippen molar-refractivity contribution in [3.63, 3.8) is 0 Å². The largest absolute Gasteiger partial charge is 0.391 e. The Hall–Kier alpha value is -1.44. The summed E-state index contributed by atoms with van der Waals surface area (Å²) in [6.45, 7) is -0.105. The summed E-state index contributed by atoms with van der Waals surface area (Å²) in [7, 11) is 0. The van der Waals surface area contributed by atoms with Crippen molar-refractivity contribution in [1.29, 1.82) is 0 Å². The predicted molar refractivity (Wildman–Crippen MR) is 48.3 cm³/mol. The van der Waals surface area contributed by atoms with Crippen LogP contribution in [0.4, 0.5) is 0 Å². The Labute approximate surface area is 83.9 Å². The van der Waals surface area contributed by atoms with Crippen LogP contribution in [0.2, 0.25) is 0 Å². The van der Waals surface area contributed by atoms with Crippen LogP contribution in [0, 0.1) is 0 Å². The molecule has 2 rings (SSSR count). The summed E-state index contributed by atoms with van der Waals surface area (Å²) in [4.78, 5) is 24.2. The van der Waals surface area contributed by atoms with Crippen molar-refractivity contribution in [2.24, 2.45) is 0 Å². The normalized spacial score (nSPS) is 25.7. The highest BCUT2D eigenvalue weighted by Crippen LogP contribution is 2.18. The van der Waals surface area contributed by atoms with Gasteiger partial charge < -0.3 is 14.6 Å². The number of aromatic amines is 1. The molecule has 1 aliphatic rings. The van der Waals surface area contributed by atoms with Gasteiger partial charge in [-0.1, -0.05) is 0 Å². The zero-order chi connectivity index (χ0) is 10.8. The van der Waals surface area contributed by atoms with E-state index in [1.165, 1.54) is 16.8 Å². The molecule has 0 aromatic carbocycles. The van der Waals surface area contributed by atoms with Crippen LogP contribution in [-0.4, -0.2) is 34.2 Å². The average molecular weight is 214 g/mol. The van der Waals surface area contributed by atoms with Gasteiger partial charge in [-0.3, -0.25) is 14.3 Å². The maximum absolute atomic E-state index is 11.3. The second-order valence-corrected chi connectivity index (χ2v) is 3.05. The van der Waals surface area contributed by atoms with Gasteiger partial charge in [0.15, 0.2) is 12.5 Å². The topological polar surface area (TPSA) is 93.5 Å². The molecular formula is C8H10N2O5. The number of ether oxygens (including phenoxy) is 2. The van der Waals surface area contributed by atoms with Gasteiger partial charge in [-0.05, 0) is 0 Å². The minimum absolute atomic E-state index is 0.164. The number of aliphatic hydroxyl groups is 1. The van der Waals surface area contributed by atoms with Gasteiger partial charge in [-0.2, -0.15) is 0 Å². The third-order valence-corrected chi connectivity index (χ3v) is 2.04. The molecule has 0 amide bonds. The fraction of sp³-hybridized carbons (Fsp3) is 0.500. The van der Waals surface area contributed by atoms with E-state index in [1.807, 2.05) is 0 Å². The van der Waals surface area contributed by atoms with Crippen LogP contribution in [0.15, 0.2) is 21.9 Å². The maximum Gasteiger partial charge on any atom is 0.330 e. The molecule has 0 saturated carbocycles. The van der Waals surface area contributed by atoms with E-state index in [4.69, 9.17) is 14.6 Å². The van der Waals surface area contributed by atoms with Gasteiger partial charge in [0.05, 0.1) is 13.2 Å². The van der Waals surface area contributed by atoms with Crippen molar-refractivity contribution in [2.45, 2.75) is 12.5 Å². The molecule has 2 atom stereocenters. The molecular weight excluding hydrogens is 204 g/mol. The first-order chi connectivity index (χ1) is 7.20. The Morgan fingerprint density at radius 2 is 2.40 bits per heavy atom. The van der Waals surface area contributed by atoms with Gasteiger partial charge >= 0.3 is 5.69 Å². The number of nitrogens with zero attached hydrogens (tertiary/aromatic N) is 1. The van der Waals surface area contributed by atoms with Crippen molar-refractivity contribution in [1.82, 2.24) is 9.55 Å². The third kappa shape index (κ3) is 1.99. The van der Waals surface area contributed by atoms with Gasteiger partial charge in [-0.15, -0.1) is 0 Å². The van der Waals surface area contributed by atoms with Gasteiger partial charge in [0.25, 0.3) is 5.56 Å². The van der Waals surface area contributed by atoms with E-state index in [0.717, 1.165) is 0 Å². The first kappa shape index (κ1) is 10.1. The lowest BCUT2D eigenvalue weighted by Gasteiger charge is -2.11. The van der Waals surface area contributed by atoms with Crippen LogP contribution in [0.3, 0.4) is 0 Å². The second-order valence-electron chi connectivity index (χ2n) is 3.05. The molecule has 0 bridgehead atoms. The van der Waals surface area contributed by atoms with Crippen molar-refractivity contribution < 1.29 is 14.6 Å². The third-order valence-electron chi connectivity index (χ3n) is 2.04. The van der Waals surface area contributed by atoms with E-state index in [0.29, 0.717) is 0 Å². The molecule has 2 N–H and O–H groups in total. The lowest BCUT2D eigenvalue weighted by molar-refractivity contribution is -0.0992. The fourth-order valence-electron chi connectivity index (χ4n) is 1.34. The van der Waals surface area contributed by atoms with E-state index in [-0.39, 0.29) is 13.2 Å². The summed E-state index contributed by atoms with van der Waals surface area (Å²) in [5.41, 5.74) is -1.02. The minimum atomic E-state index is -0.714. The van der Waals surface area contributed by atoms with Crippen LogP contribution < -0.4 is 11.2 Å². The molecule has 0 radical (unpaired) electrons. The first-order valence-corrected chi connectivity index (χ1v) is 4.40. The average Bonchev–Trinajstić information content (AvgIpc) is 2.66. The smallest absolute Gasteiger partial charge is 0.330 e. The highest BCUT2D eigenvalue weighted by molar-refractivity contribution is 4.84. The van der Waals surface area contributed by atoms with Crippen molar-refractivity contribution in [3.8, 4) is 0 Å². The standard InChI is InChI=1S/C8H10N2O5/c11-3-7-14-4-6(15-7)10-2-1-5(12)9-8(10)13/h1-2,6-7,11H,3-4H2,(H,9,12,13)/t6-,7-/m0/s1. The summed E-state index contributed by atoms with van der Waals surface area (Å²) in [6.07, 6.45) is 0.00918. The van der Waals surface area contributed by atoms with Gasteiger partial charge in [0.1, 0.15) is 0 Å². The van der Waals surface area contributed by atoms with E-state index in [9.17, 15) is 9.59 Å². The Bertz CT molecular complexity index is 451. The highest BCUT2D eigenvalue weighted by atomic mass is 16.7. The number of hydrogen-bond donors (Lipinski definition) is 2. The molecule has 1 aromatic rings. The summed E-state index contributed by atoms with van der Waals surface area (Å²) in [6, 6.07) is 1.22. The highest BCUT2D eigenvalue weighted by Gasteiger charge is 2.27. The molecule has 7 nitrogen and oxygen atoms in total. The predicted octanol–water partition coefficient (Wildman–Crippen LogP) is -1.60. The number of hydrogen-bond acceptors (Lipinski definition) is 5. The molecule has 15 heavy (non-hydrogen) atoms. The molecule has 0 unspecified atom stereocenters. The summed E-state index contributed by atoms with van der Waals surface area (Å²) >= 11 is 0. The van der Waals surface area contributed by atoms with Crippen molar-refractivity contribution in [3.05, 3.63) is 33.1 Å². The van der Waals surface area contributed by atoms with Crippen LogP contribution in [0.5, 0.6) is 0 Å². The molecule has 0 aliphatic carbocycles. The molecule has 1 aliphatic heterocycles. The quantitative estimate of drug-likeness (QED) is 0.618. The summed E-state index contributed by atoms with van der Waals surface area (Å²) < 4.78 is 11.4. The van der Waals surface area contributed by atoms with E-state index in [1.54, 1.807) is 0 Å². The maximum atomic E-state index is 11.3. The van der Waals surface area contributed by atoms with Gasteiger partial charge in [0.2, 0.25) is 0 Å². The number of nitrogens with one attached hydrogen (secondary N) is 1. The van der Waals surface area contributed by atoms with Crippen LogP contribution >= 0.6 is 0 Å². The Morgan fingerprint density at radius 1 is 1.60 bits per heavy atom. The summed E-state index contributed by atoms with van der Waals surface area (Å²) in [5.74, 6) is 0. The Morgan fingerprint density at radius 3 is 3.00 bits per heavy atom. The lowest BCUT2D eigenvalue weighted by atomic mass is 10.5. The Balaban J connectivity index is 2.24. The van der Waals surface area contributed by atoms with E-state index in [2.05, 4.69) is 4.98 Å². The first-order valence-electron chi connectivity index (χ1n) is 4.40. The van der Waals surface area contributed by atoms with Crippen molar-refractivity contribution in [2.75, 3.05) is 13.2 Å². The Kier molecular flexibility index (Phi) is 2.67. The number of rotatable bonds is 2. The lowest BCUT2D eigenvalue weighted by Crippen LogP contribution is -2.32. The monoisotopic (exact) mass is 214 g/mol. The molecule has 1 aromatic heterocycles. The van der Waals surface area contributed by atoms with E-state index < -0.39 is 23.8 Å². The molecule has 2 heterocycles. The molecule has 0 spiro atoms. The summed E-state index contributed by atoms with van der Waals surface area (Å²) in [5, 5.41) is 8.75. The minimum Gasteiger partial charge on any atom is -0.391 e. The van der Waals surface area contributed by atoms with Crippen LogP contribution in [0.25, 0.3) is 0 Å². The number of H-pyrrole nitrogens is 1. The SMILES string of the molecule is O=c1ccn([C@@H]2CO[C@H](CO)O2)c(=O)[nH]1. The number of aromatic nitrogens is 2. The van der Waals surface area contributed by atoms with Gasteiger partial charge in [0, 0.05) is 12.3 Å². The molecule has 1 fully saturated rings.